The average molecular weight is 493 g/mol. The summed E-state index contributed by atoms with van der Waals surface area (Å²) in [5.41, 5.74) is 0. The Morgan fingerprint density at radius 2 is 1.91 bits per heavy atom. The molecule has 3 heterocycles. The Labute approximate surface area is 199 Å². The van der Waals surface area contributed by atoms with Gasteiger partial charge in [0.1, 0.15) is 0 Å². The number of carbonyl (C=O) groups excluding carboxylic acids is 1. The second-order valence-electron chi connectivity index (χ2n) is 9.66. The number of hydrogen-bond acceptors (Lipinski definition) is 7. The van der Waals surface area contributed by atoms with Crippen molar-refractivity contribution in [2.75, 3.05) is 13.1 Å². The third-order valence-electron chi connectivity index (χ3n) is 7.31. The van der Waals surface area contributed by atoms with Gasteiger partial charge in [-0.3, -0.25) is 4.79 Å². The normalized spacial score (nSPS) is 23.4. The van der Waals surface area contributed by atoms with E-state index in [2.05, 4.69) is 15.5 Å². The zero-order valence-electron chi connectivity index (χ0n) is 19.1. The molecule has 3 aliphatic rings. The van der Waals surface area contributed by atoms with Gasteiger partial charge in [-0.25, -0.2) is 8.42 Å². The Morgan fingerprint density at radius 1 is 1.12 bits per heavy atom. The van der Waals surface area contributed by atoms with Crippen LogP contribution in [0.15, 0.2) is 15.5 Å². The molecule has 1 N–H and O–H groups in total. The fourth-order valence-corrected chi connectivity index (χ4v) is 8.08. The maximum Gasteiger partial charge on any atom is 0.244 e. The molecule has 0 radical (unpaired) electrons. The summed E-state index contributed by atoms with van der Waals surface area (Å²) in [5.74, 6) is 1.14. The molecule has 2 saturated carbocycles. The van der Waals surface area contributed by atoms with Gasteiger partial charge in [-0.2, -0.15) is 9.29 Å². The zero-order valence-corrected chi connectivity index (χ0v) is 20.7. The fraction of sp³-hybridized carbons (Fsp3) is 0.696. The highest BCUT2D eigenvalue weighted by atomic mass is 32.2. The van der Waals surface area contributed by atoms with Crippen LogP contribution in [0.5, 0.6) is 0 Å². The quantitative estimate of drug-likeness (QED) is 0.647. The van der Waals surface area contributed by atoms with Crippen LogP contribution in [0.25, 0.3) is 10.7 Å². The maximum atomic E-state index is 13.5. The van der Waals surface area contributed by atoms with E-state index in [-0.39, 0.29) is 29.3 Å². The van der Waals surface area contributed by atoms with Crippen molar-refractivity contribution in [2.45, 2.75) is 88.0 Å². The van der Waals surface area contributed by atoms with Crippen molar-refractivity contribution in [1.29, 1.82) is 0 Å². The zero-order chi connectivity index (χ0) is 23.0. The summed E-state index contributed by atoms with van der Waals surface area (Å²) in [5, 5.41) is 7.26. The van der Waals surface area contributed by atoms with E-state index in [1.807, 2.05) is 6.92 Å². The molecule has 33 heavy (non-hydrogen) atoms. The summed E-state index contributed by atoms with van der Waals surface area (Å²) in [6.07, 6.45) is 10.3. The maximum absolute atomic E-state index is 13.5. The van der Waals surface area contributed by atoms with E-state index < -0.39 is 10.0 Å². The summed E-state index contributed by atoms with van der Waals surface area (Å²) in [4.78, 5) is 19.1. The van der Waals surface area contributed by atoms with Gasteiger partial charge in [0.15, 0.2) is 0 Å². The highest BCUT2D eigenvalue weighted by Crippen LogP contribution is 2.38. The summed E-state index contributed by atoms with van der Waals surface area (Å²) in [6.45, 7) is 2.49. The van der Waals surface area contributed by atoms with E-state index in [9.17, 15) is 13.2 Å². The van der Waals surface area contributed by atoms with Gasteiger partial charge in [-0.15, -0.1) is 11.3 Å². The van der Waals surface area contributed by atoms with Crippen LogP contribution in [-0.4, -0.2) is 47.9 Å². The molecular weight excluding hydrogens is 460 g/mol. The number of rotatable bonds is 6. The minimum atomic E-state index is -3.70. The topological polar surface area (TPSA) is 105 Å². The molecule has 10 heteroatoms. The molecule has 1 aliphatic heterocycles. The molecule has 1 saturated heterocycles. The molecule has 8 nitrogen and oxygen atoms in total. The van der Waals surface area contributed by atoms with Gasteiger partial charge in [-0.1, -0.05) is 30.8 Å². The van der Waals surface area contributed by atoms with Gasteiger partial charge in [-0.05, 0) is 51.5 Å². The Morgan fingerprint density at radius 3 is 2.64 bits per heavy atom. The molecule has 1 amide bonds. The Balaban J connectivity index is 1.29. The second kappa shape index (κ2) is 9.46. The first-order valence-corrected chi connectivity index (χ1v) is 14.4. The van der Waals surface area contributed by atoms with Crippen LogP contribution in [0.2, 0.25) is 0 Å². The lowest BCUT2D eigenvalue weighted by molar-refractivity contribution is -0.127. The number of nitrogens with one attached hydrogen (secondary N) is 1. The monoisotopic (exact) mass is 492 g/mol. The van der Waals surface area contributed by atoms with Crippen molar-refractivity contribution in [3.05, 3.63) is 16.8 Å². The predicted octanol–water partition coefficient (Wildman–Crippen LogP) is 4.22. The first kappa shape index (κ1) is 23.0. The lowest BCUT2D eigenvalue weighted by Crippen LogP contribution is -2.47. The smallest absolute Gasteiger partial charge is 0.244 e. The van der Waals surface area contributed by atoms with E-state index in [0.29, 0.717) is 40.4 Å². The Hall–Kier alpha value is -1.78. The SMILES string of the molecule is Cc1sc(-c2noc(C3CCC3)n2)cc1S(=O)(=O)N1CCC[C@H](C(=O)NC2CCCCC2)C1. The molecule has 0 aromatic carbocycles. The van der Waals surface area contributed by atoms with E-state index in [4.69, 9.17) is 4.52 Å². The molecule has 0 spiro atoms. The highest BCUT2D eigenvalue weighted by Gasteiger charge is 2.36. The first-order valence-electron chi connectivity index (χ1n) is 12.2. The number of aryl methyl sites for hydroxylation is 1. The van der Waals surface area contributed by atoms with E-state index in [1.54, 1.807) is 6.07 Å². The number of nitrogens with zero attached hydrogens (tertiary/aromatic N) is 3. The van der Waals surface area contributed by atoms with Crippen molar-refractivity contribution in [3.8, 4) is 10.7 Å². The molecule has 5 rings (SSSR count). The van der Waals surface area contributed by atoms with Gasteiger partial charge < -0.3 is 9.84 Å². The number of thiophene rings is 1. The second-order valence-corrected chi connectivity index (χ2v) is 12.8. The largest absolute Gasteiger partial charge is 0.353 e. The van der Waals surface area contributed by atoms with Crippen LogP contribution < -0.4 is 5.32 Å². The molecular formula is C23H32N4O4S2. The van der Waals surface area contributed by atoms with E-state index >= 15 is 0 Å². The summed E-state index contributed by atoms with van der Waals surface area (Å²) in [6, 6.07) is 1.90. The van der Waals surface area contributed by atoms with Crippen molar-refractivity contribution in [1.82, 2.24) is 19.8 Å². The van der Waals surface area contributed by atoms with Crippen LogP contribution in [0.3, 0.4) is 0 Å². The number of piperidine rings is 1. The van der Waals surface area contributed by atoms with Crippen molar-refractivity contribution >= 4 is 27.3 Å². The summed E-state index contributed by atoms with van der Waals surface area (Å²) >= 11 is 1.37. The van der Waals surface area contributed by atoms with Crippen molar-refractivity contribution < 1.29 is 17.7 Å². The lowest BCUT2D eigenvalue weighted by Gasteiger charge is -2.32. The van der Waals surface area contributed by atoms with Crippen LogP contribution in [0.1, 0.15) is 80.9 Å². The molecule has 1 atom stereocenters. The molecule has 0 bridgehead atoms. The van der Waals surface area contributed by atoms with Gasteiger partial charge in [0, 0.05) is 29.9 Å². The van der Waals surface area contributed by atoms with Crippen LogP contribution >= 0.6 is 11.3 Å². The standard InChI is InChI=1S/C23H32N4O4S2/c1-15-20(13-19(32-15)21-25-23(31-26-21)16-7-5-8-16)33(29,30)27-12-6-9-17(14-27)22(28)24-18-10-3-2-4-11-18/h13,16-18H,2-12,14H2,1H3,(H,24,28)/t17-/m0/s1. The molecule has 2 aliphatic carbocycles. The van der Waals surface area contributed by atoms with E-state index in [0.717, 1.165) is 44.9 Å². The molecule has 2 aromatic heterocycles. The lowest BCUT2D eigenvalue weighted by atomic mass is 9.85. The third-order valence-corrected chi connectivity index (χ3v) is 10.5. The minimum absolute atomic E-state index is 0.000138. The number of aromatic nitrogens is 2. The third kappa shape index (κ3) is 4.74. The summed E-state index contributed by atoms with van der Waals surface area (Å²) in [7, 11) is -3.70. The summed E-state index contributed by atoms with van der Waals surface area (Å²) < 4.78 is 33.9. The van der Waals surface area contributed by atoms with Crippen LogP contribution in [0, 0.1) is 12.8 Å². The van der Waals surface area contributed by atoms with Crippen molar-refractivity contribution in [2.24, 2.45) is 5.92 Å². The minimum Gasteiger partial charge on any atom is -0.353 e. The van der Waals surface area contributed by atoms with Gasteiger partial charge in [0.2, 0.25) is 27.6 Å². The number of hydrogen-bond donors (Lipinski definition) is 1. The molecule has 180 valence electrons. The van der Waals surface area contributed by atoms with E-state index in [1.165, 1.54) is 28.5 Å². The number of amides is 1. The Bertz CT molecular complexity index is 1100. The number of carbonyl (C=O) groups is 1. The van der Waals surface area contributed by atoms with Crippen LogP contribution in [-0.2, 0) is 14.8 Å². The van der Waals surface area contributed by atoms with Gasteiger partial charge in [0.25, 0.3) is 0 Å². The van der Waals surface area contributed by atoms with Gasteiger partial charge in [0.05, 0.1) is 15.7 Å². The number of sulfonamides is 1. The van der Waals surface area contributed by atoms with Gasteiger partial charge >= 0.3 is 0 Å². The molecule has 0 unspecified atom stereocenters. The Kier molecular flexibility index (Phi) is 6.59. The molecule has 3 fully saturated rings. The predicted molar refractivity (Wildman–Crippen MR) is 125 cm³/mol. The highest BCUT2D eigenvalue weighted by molar-refractivity contribution is 7.89. The first-order chi connectivity index (χ1) is 15.9. The fourth-order valence-electron chi connectivity index (χ4n) is 5.07. The van der Waals surface area contributed by atoms with Crippen molar-refractivity contribution in [3.63, 3.8) is 0 Å². The average Bonchev–Trinajstić information content (AvgIpc) is 3.40. The molecule has 2 aromatic rings. The van der Waals surface area contributed by atoms with Crippen LogP contribution in [0.4, 0.5) is 0 Å².